The van der Waals surface area contributed by atoms with Crippen molar-refractivity contribution in [1.29, 1.82) is 0 Å². The Morgan fingerprint density at radius 3 is 2.08 bits per heavy atom. The number of hydrogen-bond donors (Lipinski definition) is 1. The van der Waals surface area contributed by atoms with Crippen LogP contribution in [0.2, 0.25) is 0 Å². The summed E-state index contributed by atoms with van der Waals surface area (Å²) in [5.74, 6) is 0. The average molecular weight is 330 g/mol. The van der Waals surface area contributed by atoms with Gasteiger partial charge < -0.3 is 0 Å². The van der Waals surface area contributed by atoms with Gasteiger partial charge >= 0.3 is 0 Å². The van der Waals surface area contributed by atoms with Crippen LogP contribution in [0.25, 0.3) is 11.0 Å². The van der Waals surface area contributed by atoms with Crippen LogP contribution in [0.1, 0.15) is 17.2 Å². The molecule has 5 nitrogen and oxygen atoms in total. The van der Waals surface area contributed by atoms with Crippen LogP contribution >= 0.6 is 0 Å². The summed E-state index contributed by atoms with van der Waals surface area (Å²) in [5, 5.41) is 8.28. The zero-order valence-electron chi connectivity index (χ0n) is 13.6. The van der Waals surface area contributed by atoms with Crippen LogP contribution in [-0.4, -0.2) is 15.0 Å². The van der Waals surface area contributed by atoms with Crippen molar-refractivity contribution >= 4 is 11.0 Å². The van der Waals surface area contributed by atoms with Crippen molar-refractivity contribution in [2.75, 3.05) is 0 Å². The third-order valence-electron chi connectivity index (χ3n) is 4.07. The average Bonchev–Trinajstić information content (AvgIpc) is 3.10. The molecule has 0 atom stereocenters. The molecule has 4 rings (SSSR count). The molecule has 0 bridgehead atoms. The van der Waals surface area contributed by atoms with E-state index in [1.165, 1.54) is 0 Å². The smallest absolute Gasteiger partial charge is 0.162 e. The van der Waals surface area contributed by atoms with Crippen LogP contribution in [0.3, 0.4) is 0 Å². The monoisotopic (exact) mass is 330 g/mol. The molecular weight excluding hydrogens is 312 g/mol. The van der Waals surface area contributed by atoms with E-state index in [0.717, 1.165) is 22.2 Å². The summed E-state index contributed by atoms with van der Waals surface area (Å²) < 4.78 is 1.73. The van der Waals surface area contributed by atoms with Gasteiger partial charge in [-0.15, -0.1) is 5.10 Å². The standard InChI is InChI=1S/C20H18N4O/c1-3-9-16(10-4-1)20(17-11-5-2-6-12-17)22-25-15-24-19-14-8-7-13-18(19)21-23-24/h1-14,20,22H,15H2. The number of benzene rings is 3. The Kier molecular flexibility index (Phi) is 4.50. The fraction of sp³-hybridized carbons (Fsp3) is 0.100. The van der Waals surface area contributed by atoms with E-state index in [4.69, 9.17) is 4.84 Å². The van der Waals surface area contributed by atoms with Crippen LogP contribution in [0.4, 0.5) is 0 Å². The molecule has 0 radical (unpaired) electrons. The Morgan fingerprint density at radius 2 is 1.40 bits per heavy atom. The summed E-state index contributed by atoms with van der Waals surface area (Å²) >= 11 is 0. The molecule has 25 heavy (non-hydrogen) atoms. The van der Waals surface area contributed by atoms with Gasteiger partial charge in [0.1, 0.15) is 5.52 Å². The second-order valence-corrected chi connectivity index (χ2v) is 5.72. The van der Waals surface area contributed by atoms with Crippen molar-refractivity contribution in [2.24, 2.45) is 0 Å². The molecule has 0 unspecified atom stereocenters. The first-order valence-corrected chi connectivity index (χ1v) is 8.17. The third kappa shape index (κ3) is 3.42. The van der Waals surface area contributed by atoms with Crippen molar-refractivity contribution < 1.29 is 4.84 Å². The molecule has 4 aromatic rings. The SMILES string of the molecule is c1ccc(C(NOCn2nnc3ccccc32)c2ccccc2)cc1. The molecule has 0 aliphatic carbocycles. The molecule has 1 aromatic heterocycles. The fourth-order valence-electron chi connectivity index (χ4n) is 2.81. The minimum absolute atomic E-state index is 0.0582. The van der Waals surface area contributed by atoms with Gasteiger partial charge in [-0.05, 0) is 23.3 Å². The minimum Gasteiger partial charge on any atom is -0.277 e. The molecule has 0 fully saturated rings. The maximum absolute atomic E-state index is 5.77. The van der Waals surface area contributed by atoms with Gasteiger partial charge in [-0.2, -0.15) is 5.48 Å². The number of nitrogens with one attached hydrogen (secondary N) is 1. The van der Waals surface area contributed by atoms with E-state index < -0.39 is 0 Å². The van der Waals surface area contributed by atoms with Crippen molar-refractivity contribution in [2.45, 2.75) is 12.8 Å². The highest BCUT2D eigenvalue weighted by Crippen LogP contribution is 2.21. The van der Waals surface area contributed by atoms with E-state index in [-0.39, 0.29) is 12.8 Å². The van der Waals surface area contributed by atoms with Crippen molar-refractivity contribution in [3.8, 4) is 0 Å². The predicted octanol–water partition coefficient (Wildman–Crippen LogP) is 3.70. The number of hydroxylamine groups is 1. The van der Waals surface area contributed by atoms with Crippen molar-refractivity contribution in [3.05, 3.63) is 96.1 Å². The van der Waals surface area contributed by atoms with Crippen LogP contribution in [0.5, 0.6) is 0 Å². The molecule has 5 heteroatoms. The quantitative estimate of drug-likeness (QED) is 0.548. The number of rotatable bonds is 6. The summed E-state index contributed by atoms with van der Waals surface area (Å²) in [4.78, 5) is 5.77. The molecule has 1 N–H and O–H groups in total. The Bertz CT molecular complexity index is 898. The van der Waals surface area contributed by atoms with Crippen LogP contribution in [0, 0.1) is 0 Å². The molecule has 0 saturated heterocycles. The Balaban J connectivity index is 1.51. The molecular formula is C20H18N4O. The maximum atomic E-state index is 5.77. The van der Waals surface area contributed by atoms with Crippen LogP contribution in [0.15, 0.2) is 84.9 Å². The van der Waals surface area contributed by atoms with Crippen molar-refractivity contribution in [3.63, 3.8) is 0 Å². The minimum atomic E-state index is -0.0582. The van der Waals surface area contributed by atoms with Gasteiger partial charge in [0.15, 0.2) is 6.73 Å². The summed E-state index contributed by atoms with van der Waals surface area (Å²) in [6.07, 6.45) is 0. The lowest BCUT2D eigenvalue weighted by Gasteiger charge is -2.19. The van der Waals surface area contributed by atoms with Gasteiger partial charge in [-0.1, -0.05) is 78.0 Å². The first-order valence-electron chi connectivity index (χ1n) is 8.17. The largest absolute Gasteiger partial charge is 0.277 e. The highest BCUT2D eigenvalue weighted by molar-refractivity contribution is 5.73. The number of aromatic nitrogens is 3. The predicted molar refractivity (Wildman–Crippen MR) is 96.5 cm³/mol. The molecule has 124 valence electrons. The second kappa shape index (κ2) is 7.25. The van der Waals surface area contributed by atoms with E-state index in [2.05, 4.69) is 40.1 Å². The molecule has 1 heterocycles. The number of fused-ring (bicyclic) bond motifs is 1. The second-order valence-electron chi connectivity index (χ2n) is 5.72. The Labute approximate surface area is 145 Å². The molecule has 0 aliphatic heterocycles. The van der Waals surface area contributed by atoms with Gasteiger partial charge in [-0.25, -0.2) is 4.68 Å². The van der Waals surface area contributed by atoms with E-state index in [0.29, 0.717) is 0 Å². The topological polar surface area (TPSA) is 52.0 Å². The molecule has 0 spiro atoms. The zero-order chi connectivity index (χ0) is 16.9. The van der Waals surface area contributed by atoms with E-state index in [1.54, 1.807) is 4.68 Å². The number of para-hydroxylation sites is 1. The van der Waals surface area contributed by atoms with Gasteiger partial charge in [0.25, 0.3) is 0 Å². The molecule has 0 amide bonds. The highest BCUT2D eigenvalue weighted by Gasteiger charge is 2.14. The Morgan fingerprint density at radius 1 is 0.800 bits per heavy atom. The summed E-state index contributed by atoms with van der Waals surface area (Å²) in [6.45, 7) is 0.274. The van der Waals surface area contributed by atoms with Gasteiger partial charge in [0.05, 0.1) is 11.6 Å². The van der Waals surface area contributed by atoms with E-state index >= 15 is 0 Å². The van der Waals surface area contributed by atoms with Crippen molar-refractivity contribution in [1.82, 2.24) is 20.5 Å². The van der Waals surface area contributed by atoms with E-state index in [1.807, 2.05) is 60.7 Å². The molecule has 0 aliphatic rings. The van der Waals surface area contributed by atoms with Crippen LogP contribution in [-0.2, 0) is 11.6 Å². The summed E-state index contributed by atoms with van der Waals surface area (Å²) in [6, 6.07) is 28.2. The lowest BCUT2D eigenvalue weighted by atomic mass is 10.00. The molecule has 0 saturated carbocycles. The third-order valence-corrected chi connectivity index (χ3v) is 4.07. The molecule has 3 aromatic carbocycles. The highest BCUT2D eigenvalue weighted by atomic mass is 16.7. The fourth-order valence-corrected chi connectivity index (χ4v) is 2.81. The van der Waals surface area contributed by atoms with Gasteiger partial charge in [-0.3, -0.25) is 4.84 Å². The summed E-state index contributed by atoms with van der Waals surface area (Å²) in [7, 11) is 0. The normalized spacial score (nSPS) is 11.2. The van der Waals surface area contributed by atoms with Gasteiger partial charge in [0.2, 0.25) is 0 Å². The lowest BCUT2D eigenvalue weighted by Crippen LogP contribution is -2.24. The lowest BCUT2D eigenvalue weighted by molar-refractivity contribution is -0.0241. The van der Waals surface area contributed by atoms with Gasteiger partial charge in [0, 0.05) is 0 Å². The maximum Gasteiger partial charge on any atom is 0.162 e. The Hall–Kier alpha value is -3.02. The first-order chi connectivity index (χ1) is 12.4. The van der Waals surface area contributed by atoms with Crippen LogP contribution < -0.4 is 5.48 Å². The zero-order valence-corrected chi connectivity index (χ0v) is 13.6. The number of hydrogen-bond acceptors (Lipinski definition) is 4. The first kappa shape index (κ1) is 15.5. The number of nitrogens with zero attached hydrogens (tertiary/aromatic N) is 3. The summed E-state index contributed by atoms with van der Waals surface area (Å²) in [5.41, 5.74) is 7.24. The van der Waals surface area contributed by atoms with E-state index in [9.17, 15) is 0 Å².